The number of fused-ring (bicyclic) bond motifs is 2. The van der Waals surface area contributed by atoms with Crippen LogP contribution >= 0.6 is 0 Å². The van der Waals surface area contributed by atoms with Crippen molar-refractivity contribution >= 4 is 27.2 Å². The van der Waals surface area contributed by atoms with E-state index < -0.39 is 33.0 Å². The molecule has 1 aliphatic carbocycles. The first-order valence-corrected chi connectivity index (χ1v) is 11.0. The van der Waals surface area contributed by atoms with Crippen LogP contribution < -0.4 is 5.11 Å². The lowest BCUT2D eigenvalue weighted by Gasteiger charge is -2.37. The maximum atomic E-state index is 13.1. The highest BCUT2D eigenvalue weighted by atomic mass is 32.2. The van der Waals surface area contributed by atoms with Gasteiger partial charge in [-0.25, -0.2) is 8.42 Å². The van der Waals surface area contributed by atoms with Crippen LogP contribution in [0.4, 0.5) is 0 Å². The first-order chi connectivity index (χ1) is 13.2. The number of carbonyl (C=O) groups excluding carboxylic acids is 2. The van der Waals surface area contributed by atoms with E-state index in [1.807, 2.05) is 0 Å². The molecular formula is C21H25O7S-. The second-order valence-corrected chi connectivity index (χ2v) is 9.54. The first-order valence-electron chi connectivity index (χ1n) is 9.31. The van der Waals surface area contributed by atoms with Crippen molar-refractivity contribution < 1.29 is 32.6 Å². The fourth-order valence-corrected chi connectivity index (χ4v) is 6.34. The predicted octanol–water partition coefficient (Wildman–Crippen LogP) is 1.71. The van der Waals surface area contributed by atoms with Crippen LogP contribution in [0.15, 0.2) is 16.5 Å². The van der Waals surface area contributed by atoms with Gasteiger partial charge in [0.05, 0.1) is 29.4 Å². The molecule has 0 N–H and O–H groups in total. The van der Waals surface area contributed by atoms with E-state index in [4.69, 9.17) is 9.47 Å². The van der Waals surface area contributed by atoms with Crippen LogP contribution in [0, 0.1) is 13.8 Å². The van der Waals surface area contributed by atoms with Crippen molar-refractivity contribution in [2.75, 3.05) is 19.0 Å². The summed E-state index contributed by atoms with van der Waals surface area (Å²) in [7, 11) is -3.56. The van der Waals surface area contributed by atoms with Crippen LogP contribution in [0.25, 0.3) is 5.76 Å². The summed E-state index contributed by atoms with van der Waals surface area (Å²) in [6, 6.07) is 1.46. The van der Waals surface area contributed by atoms with Crippen LogP contribution in [-0.4, -0.2) is 39.0 Å². The van der Waals surface area contributed by atoms with Gasteiger partial charge in [-0.2, -0.15) is 0 Å². The number of allylic oxidation sites excluding steroid dienone is 1. The van der Waals surface area contributed by atoms with Crippen LogP contribution in [0.2, 0.25) is 0 Å². The van der Waals surface area contributed by atoms with E-state index in [2.05, 4.69) is 0 Å². The van der Waals surface area contributed by atoms with Crippen molar-refractivity contribution in [2.24, 2.45) is 0 Å². The van der Waals surface area contributed by atoms with Crippen molar-refractivity contribution in [1.29, 1.82) is 0 Å². The molecule has 1 spiro atoms. The molecule has 2 fully saturated rings. The fourth-order valence-electron chi connectivity index (χ4n) is 4.43. The Hall–Kier alpha value is -2.03. The molecule has 8 heteroatoms. The summed E-state index contributed by atoms with van der Waals surface area (Å²) in [5, 5.41) is 13.1. The standard InChI is InChI=1S/C20H22O7S.CH4/c1-11-10-13(18(23)16-14(21)4-3-5-15(16)22)12(2)17-19(11)28(24,25)9-6-20(17)26-7-8-27-20;/h10,23H,3-9H2,1-2H3;1H4/p-1. The molecule has 0 bridgehead atoms. The number of ketones is 2. The number of Topliss-reactive ketones (excluding diaryl/α,β-unsaturated/α-hetero) is 2. The summed E-state index contributed by atoms with van der Waals surface area (Å²) in [6.45, 7) is 3.88. The number of benzene rings is 1. The number of hydrogen-bond donors (Lipinski definition) is 0. The average molecular weight is 421 g/mol. The Bertz CT molecular complexity index is 1010. The third-order valence-electron chi connectivity index (χ3n) is 5.71. The molecule has 2 aliphatic heterocycles. The van der Waals surface area contributed by atoms with Crippen molar-refractivity contribution in [3.8, 4) is 0 Å². The number of ether oxygens (including phenoxy) is 2. The molecule has 4 rings (SSSR count). The summed E-state index contributed by atoms with van der Waals surface area (Å²) in [4.78, 5) is 24.6. The second-order valence-electron chi connectivity index (χ2n) is 7.49. The molecule has 2 heterocycles. The summed E-state index contributed by atoms with van der Waals surface area (Å²) >= 11 is 0. The van der Waals surface area contributed by atoms with E-state index >= 15 is 0 Å². The Balaban J connectivity index is 0.00000240. The quantitative estimate of drug-likeness (QED) is 0.386. The van der Waals surface area contributed by atoms with E-state index in [9.17, 15) is 23.1 Å². The van der Waals surface area contributed by atoms with E-state index in [1.54, 1.807) is 13.8 Å². The Labute approximate surface area is 170 Å². The van der Waals surface area contributed by atoms with Gasteiger partial charge in [0.15, 0.2) is 27.2 Å². The minimum absolute atomic E-state index is 0. The molecule has 158 valence electrons. The van der Waals surface area contributed by atoms with Gasteiger partial charge < -0.3 is 14.6 Å². The molecule has 7 nitrogen and oxygen atoms in total. The van der Waals surface area contributed by atoms with Crippen LogP contribution in [0.5, 0.6) is 0 Å². The van der Waals surface area contributed by atoms with E-state index in [-0.39, 0.29) is 48.5 Å². The molecule has 0 atom stereocenters. The molecule has 0 radical (unpaired) electrons. The molecule has 1 aromatic carbocycles. The van der Waals surface area contributed by atoms with Crippen molar-refractivity contribution in [1.82, 2.24) is 0 Å². The molecule has 0 aromatic heterocycles. The van der Waals surface area contributed by atoms with Gasteiger partial charge in [-0.1, -0.05) is 19.3 Å². The summed E-state index contributed by atoms with van der Waals surface area (Å²) in [5.74, 6) is -2.87. The zero-order chi connectivity index (χ0) is 20.3. The van der Waals surface area contributed by atoms with E-state index in [1.165, 1.54) is 6.07 Å². The van der Waals surface area contributed by atoms with Crippen molar-refractivity contribution in [2.45, 2.75) is 57.6 Å². The third-order valence-corrected chi connectivity index (χ3v) is 7.60. The zero-order valence-corrected chi connectivity index (χ0v) is 16.6. The van der Waals surface area contributed by atoms with Gasteiger partial charge in [0.1, 0.15) is 0 Å². The minimum atomic E-state index is -3.56. The molecular weight excluding hydrogens is 396 g/mol. The van der Waals surface area contributed by atoms with E-state index in [0.717, 1.165) is 0 Å². The van der Waals surface area contributed by atoms with Gasteiger partial charge >= 0.3 is 0 Å². The first kappa shape index (κ1) is 21.7. The number of rotatable bonds is 1. The summed E-state index contributed by atoms with van der Waals surface area (Å²) in [6.07, 6.45) is 0.912. The number of sulfone groups is 1. The molecule has 0 unspecified atom stereocenters. The van der Waals surface area contributed by atoms with Gasteiger partial charge in [0, 0.05) is 24.8 Å². The third kappa shape index (κ3) is 3.23. The van der Waals surface area contributed by atoms with Crippen LogP contribution in [0.3, 0.4) is 0 Å². The Morgan fingerprint density at radius 1 is 1.10 bits per heavy atom. The SMILES string of the molecule is C.Cc1cc(C([O-])=C2C(=O)CCCC2=O)c(C)c2c1S(=O)(=O)CCC21OCCO1. The highest BCUT2D eigenvalue weighted by Crippen LogP contribution is 2.47. The van der Waals surface area contributed by atoms with Gasteiger partial charge in [0.2, 0.25) is 0 Å². The largest absolute Gasteiger partial charge is 0.871 e. The van der Waals surface area contributed by atoms with Gasteiger partial charge in [-0.3, -0.25) is 9.59 Å². The van der Waals surface area contributed by atoms with E-state index in [0.29, 0.717) is 36.3 Å². The molecule has 1 saturated carbocycles. The number of hydrogen-bond acceptors (Lipinski definition) is 7. The Kier molecular flexibility index (Phi) is 5.49. The lowest BCUT2D eigenvalue weighted by atomic mass is 9.86. The number of aryl methyl sites for hydroxylation is 1. The molecule has 3 aliphatic rings. The minimum Gasteiger partial charge on any atom is -0.871 e. The second kappa shape index (κ2) is 7.34. The molecule has 1 aromatic rings. The normalized spacial score (nSPS) is 22.3. The lowest BCUT2D eigenvalue weighted by molar-refractivity contribution is -0.244. The van der Waals surface area contributed by atoms with Crippen LogP contribution in [0.1, 0.15) is 55.4 Å². The highest BCUT2D eigenvalue weighted by Gasteiger charge is 2.49. The van der Waals surface area contributed by atoms with Crippen molar-refractivity contribution in [3.63, 3.8) is 0 Å². The average Bonchev–Trinajstić information content (AvgIpc) is 3.09. The van der Waals surface area contributed by atoms with Gasteiger partial charge in [-0.05, 0) is 37.0 Å². The zero-order valence-electron chi connectivity index (χ0n) is 15.8. The molecule has 29 heavy (non-hydrogen) atoms. The molecule has 0 amide bonds. The Morgan fingerprint density at radius 2 is 1.69 bits per heavy atom. The predicted molar refractivity (Wildman–Crippen MR) is 104 cm³/mol. The maximum absolute atomic E-state index is 13.1. The lowest BCUT2D eigenvalue weighted by Crippen LogP contribution is -2.38. The summed E-state index contributed by atoms with van der Waals surface area (Å²) < 4.78 is 37.2. The summed E-state index contributed by atoms with van der Waals surface area (Å²) in [5.41, 5.74) is 0.948. The smallest absolute Gasteiger partial charge is 0.197 e. The number of carbonyl (C=O) groups is 2. The molecule has 1 saturated heterocycles. The maximum Gasteiger partial charge on any atom is 0.197 e. The van der Waals surface area contributed by atoms with Gasteiger partial charge in [-0.15, -0.1) is 0 Å². The monoisotopic (exact) mass is 421 g/mol. The fraction of sp³-hybridized carbons (Fsp3) is 0.524. The highest BCUT2D eigenvalue weighted by molar-refractivity contribution is 7.91. The van der Waals surface area contributed by atoms with Gasteiger partial charge in [0.25, 0.3) is 0 Å². The van der Waals surface area contributed by atoms with Crippen molar-refractivity contribution in [3.05, 3.63) is 33.9 Å². The topological polar surface area (TPSA) is 110 Å². The van der Waals surface area contributed by atoms with Crippen LogP contribution in [-0.2, 0) is 34.7 Å². The Morgan fingerprint density at radius 3 is 2.28 bits per heavy atom.